The molecule has 2 aliphatic heterocycles. The molecule has 0 bridgehead atoms. The van der Waals surface area contributed by atoms with E-state index in [-0.39, 0.29) is 5.91 Å². The Hall–Kier alpha value is -1.62. The molecule has 3 heterocycles. The lowest BCUT2D eigenvalue weighted by atomic mass is 10.1. The summed E-state index contributed by atoms with van der Waals surface area (Å²) < 4.78 is 5.28. The second-order valence-electron chi connectivity index (χ2n) is 5.33. The van der Waals surface area contributed by atoms with Crippen molar-refractivity contribution in [2.75, 3.05) is 44.3 Å². The number of hydrogen-bond donors (Lipinski definition) is 0. The van der Waals surface area contributed by atoms with E-state index < -0.39 is 0 Å². The predicted octanol–water partition coefficient (Wildman–Crippen LogP) is 1.54. The van der Waals surface area contributed by atoms with E-state index in [1.807, 2.05) is 23.1 Å². The molecule has 0 aromatic carbocycles. The number of nitrogens with zero attached hydrogens (tertiary/aromatic N) is 3. The summed E-state index contributed by atoms with van der Waals surface area (Å²) in [5.41, 5.74) is 0.551. The summed E-state index contributed by atoms with van der Waals surface area (Å²) in [7, 11) is 0. The van der Waals surface area contributed by atoms with Gasteiger partial charge in [0.25, 0.3) is 5.91 Å². The number of rotatable bonds is 2. The fraction of sp³-hybridized carbons (Fsp3) is 0.600. The van der Waals surface area contributed by atoms with Gasteiger partial charge in [-0.3, -0.25) is 4.79 Å². The molecule has 0 spiro atoms. The molecule has 0 unspecified atom stereocenters. The molecule has 1 amide bonds. The van der Waals surface area contributed by atoms with Crippen molar-refractivity contribution in [3.8, 4) is 0 Å². The highest BCUT2D eigenvalue weighted by Crippen LogP contribution is 2.18. The second kappa shape index (κ2) is 6.22. The zero-order chi connectivity index (χ0) is 13.8. The maximum Gasteiger partial charge on any atom is 0.272 e. The van der Waals surface area contributed by atoms with Gasteiger partial charge in [-0.25, -0.2) is 4.98 Å². The van der Waals surface area contributed by atoms with Gasteiger partial charge in [-0.2, -0.15) is 0 Å². The number of anilines is 1. The zero-order valence-corrected chi connectivity index (χ0v) is 11.8. The molecule has 2 aliphatic rings. The Balaban J connectivity index is 1.74. The zero-order valence-electron chi connectivity index (χ0n) is 11.8. The van der Waals surface area contributed by atoms with Crippen molar-refractivity contribution in [3.05, 3.63) is 23.9 Å². The largest absolute Gasteiger partial charge is 0.378 e. The van der Waals surface area contributed by atoms with Gasteiger partial charge in [0.05, 0.1) is 13.2 Å². The van der Waals surface area contributed by atoms with Crippen molar-refractivity contribution in [1.82, 2.24) is 9.88 Å². The lowest BCUT2D eigenvalue weighted by Crippen LogP contribution is -2.41. The summed E-state index contributed by atoms with van der Waals surface area (Å²) in [5, 5.41) is 0. The van der Waals surface area contributed by atoms with Crippen LogP contribution in [0.3, 0.4) is 0 Å². The van der Waals surface area contributed by atoms with Gasteiger partial charge in [-0.1, -0.05) is 6.07 Å². The van der Waals surface area contributed by atoms with Crippen molar-refractivity contribution in [1.29, 1.82) is 0 Å². The van der Waals surface area contributed by atoms with E-state index in [9.17, 15) is 4.79 Å². The number of carbonyl (C=O) groups excluding carboxylic acids is 1. The van der Waals surface area contributed by atoms with E-state index in [0.717, 1.165) is 18.9 Å². The number of pyridine rings is 1. The predicted molar refractivity (Wildman–Crippen MR) is 77.0 cm³/mol. The Kier molecular flexibility index (Phi) is 4.16. The summed E-state index contributed by atoms with van der Waals surface area (Å²) in [6, 6.07) is 5.75. The molecule has 108 valence electrons. The van der Waals surface area contributed by atoms with Gasteiger partial charge in [-0.15, -0.1) is 0 Å². The second-order valence-corrected chi connectivity index (χ2v) is 5.33. The van der Waals surface area contributed by atoms with E-state index in [2.05, 4.69) is 9.88 Å². The number of piperidine rings is 1. The van der Waals surface area contributed by atoms with Crippen LogP contribution in [-0.4, -0.2) is 55.2 Å². The Bertz CT molecular complexity index is 466. The lowest BCUT2D eigenvalue weighted by Gasteiger charge is -2.29. The first-order valence-corrected chi connectivity index (χ1v) is 7.43. The molecule has 20 heavy (non-hydrogen) atoms. The molecule has 5 nitrogen and oxygen atoms in total. The summed E-state index contributed by atoms with van der Waals surface area (Å²) in [6.07, 6.45) is 3.72. The van der Waals surface area contributed by atoms with Gasteiger partial charge in [0.15, 0.2) is 0 Å². The highest BCUT2D eigenvalue weighted by atomic mass is 16.5. The minimum absolute atomic E-state index is 0.0205. The summed E-state index contributed by atoms with van der Waals surface area (Å²) in [4.78, 5) is 21.1. The minimum Gasteiger partial charge on any atom is -0.378 e. The minimum atomic E-state index is 0.0205. The van der Waals surface area contributed by atoms with Crippen LogP contribution in [-0.2, 0) is 4.74 Å². The summed E-state index contributed by atoms with van der Waals surface area (Å²) >= 11 is 0. The normalized spacial score (nSPS) is 20.0. The molecule has 5 heteroatoms. The van der Waals surface area contributed by atoms with Crippen molar-refractivity contribution < 1.29 is 9.53 Å². The monoisotopic (exact) mass is 275 g/mol. The van der Waals surface area contributed by atoms with Crippen LogP contribution >= 0.6 is 0 Å². The molecule has 0 saturated carbocycles. The summed E-state index contributed by atoms with van der Waals surface area (Å²) in [6.45, 7) is 4.66. The molecule has 0 radical (unpaired) electrons. The van der Waals surface area contributed by atoms with Gasteiger partial charge in [0, 0.05) is 26.2 Å². The van der Waals surface area contributed by atoms with Crippen LogP contribution in [0.15, 0.2) is 18.2 Å². The van der Waals surface area contributed by atoms with Gasteiger partial charge in [0.2, 0.25) is 0 Å². The molecule has 3 rings (SSSR count). The van der Waals surface area contributed by atoms with E-state index >= 15 is 0 Å². The highest BCUT2D eigenvalue weighted by Gasteiger charge is 2.20. The quantitative estimate of drug-likeness (QED) is 0.821. The Morgan fingerprint density at radius 2 is 1.80 bits per heavy atom. The van der Waals surface area contributed by atoms with E-state index in [1.165, 1.54) is 19.3 Å². The van der Waals surface area contributed by atoms with Crippen LogP contribution in [0.25, 0.3) is 0 Å². The van der Waals surface area contributed by atoms with E-state index in [1.54, 1.807) is 0 Å². The lowest BCUT2D eigenvalue weighted by molar-refractivity contribution is 0.0299. The molecular formula is C15H21N3O2. The van der Waals surface area contributed by atoms with Gasteiger partial charge >= 0.3 is 0 Å². The Morgan fingerprint density at radius 3 is 2.55 bits per heavy atom. The van der Waals surface area contributed by atoms with Crippen molar-refractivity contribution in [3.63, 3.8) is 0 Å². The van der Waals surface area contributed by atoms with Crippen LogP contribution in [0.5, 0.6) is 0 Å². The SMILES string of the molecule is O=C(c1cccc(N2CCCCC2)n1)N1CCOCC1. The first-order valence-electron chi connectivity index (χ1n) is 7.43. The van der Waals surface area contributed by atoms with Crippen molar-refractivity contribution >= 4 is 11.7 Å². The first-order chi connectivity index (χ1) is 9.84. The third-order valence-electron chi connectivity index (χ3n) is 3.93. The van der Waals surface area contributed by atoms with Crippen LogP contribution in [0.4, 0.5) is 5.82 Å². The molecule has 0 atom stereocenters. The number of ether oxygens (including phenoxy) is 1. The van der Waals surface area contributed by atoms with Gasteiger partial charge < -0.3 is 14.5 Å². The third kappa shape index (κ3) is 2.93. The molecular weight excluding hydrogens is 254 g/mol. The maximum absolute atomic E-state index is 12.4. The Labute approximate surface area is 119 Å². The standard InChI is InChI=1S/C15H21N3O2/c19-15(18-9-11-20-12-10-18)13-5-4-6-14(16-13)17-7-2-1-3-8-17/h4-6H,1-3,7-12H2. The summed E-state index contributed by atoms with van der Waals surface area (Å²) in [5.74, 6) is 0.955. The van der Waals surface area contributed by atoms with Crippen LogP contribution in [0, 0.1) is 0 Å². The number of aromatic nitrogens is 1. The van der Waals surface area contributed by atoms with Gasteiger partial charge in [0.1, 0.15) is 11.5 Å². The molecule has 1 aromatic heterocycles. The maximum atomic E-state index is 12.4. The van der Waals surface area contributed by atoms with E-state index in [4.69, 9.17) is 4.74 Å². The molecule has 0 N–H and O–H groups in total. The average Bonchev–Trinajstić information content (AvgIpc) is 2.56. The van der Waals surface area contributed by atoms with Crippen LogP contribution in [0.1, 0.15) is 29.8 Å². The van der Waals surface area contributed by atoms with E-state index in [0.29, 0.717) is 32.0 Å². The fourth-order valence-electron chi connectivity index (χ4n) is 2.77. The Morgan fingerprint density at radius 1 is 1.05 bits per heavy atom. The first kappa shape index (κ1) is 13.4. The number of carbonyl (C=O) groups is 1. The highest BCUT2D eigenvalue weighted by molar-refractivity contribution is 5.92. The van der Waals surface area contributed by atoms with Crippen LogP contribution in [0.2, 0.25) is 0 Å². The smallest absolute Gasteiger partial charge is 0.272 e. The topological polar surface area (TPSA) is 45.7 Å². The third-order valence-corrected chi connectivity index (χ3v) is 3.93. The number of amides is 1. The molecule has 2 saturated heterocycles. The molecule has 0 aliphatic carbocycles. The average molecular weight is 275 g/mol. The molecule has 2 fully saturated rings. The fourth-order valence-corrected chi connectivity index (χ4v) is 2.77. The number of hydrogen-bond acceptors (Lipinski definition) is 4. The van der Waals surface area contributed by atoms with Gasteiger partial charge in [-0.05, 0) is 31.4 Å². The van der Waals surface area contributed by atoms with Crippen LogP contribution < -0.4 is 4.90 Å². The van der Waals surface area contributed by atoms with Crippen molar-refractivity contribution in [2.24, 2.45) is 0 Å². The number of morpholine rings is 1. The molecule has 1 aromatic rings. The van der Waals surface area contributed by atoms with Crippen molar-refractivity contribution in [2.45, 2.75) is 19.3 Å².